The molecule has 0 spiro atoms. The Hall–Kier alpha value is -0.780. The van der Waals surface area contributed by atoms with Crippen LogP contribution >= 0.6 is 0 Å². The highest BCUT2D eigenvalue weighted by Crippen LogP contribution is 2.22. The van der Waals surface area contributed by atoms with Crippen molar-refractivity contribution in [2.24, 2.45) is 0 Å². The third kappa shape index (κ3) is 5.01. The Labute approximate surface area is 94.8 Å². The highest BCUT2D eigenvalue weighted by molar-refractivity contribution is 5.33. The Bertz CT molecular complexity index is 276. The molecule has 0 radical (unpaired) electrons. The fourth-order valence-electron chi connectivity index (χ4n) is 2.05. The maximum atomic E-state index is 2.37. The summed E-state index contributed by atoms with van der Waals surface area (Å²) in [6, 6.07) is 0. The van der Waals surface area contributed by atoms with Gasteiger partial charge >= 0.3 is 0 Å². The Balaban J connectivity index is 2.41. The van der Waals surface area contributed by atoms with Gasteiger partial charge in [0.2, 0.25) is 0 Å². The first-order valence-corrected chi connectivity index (χ1v) is 6.26. The summed E-state index contributed by atoms with van der Waals surface area (Å²) < 4.78 is 0. The lowest BCUT2D eigenvalue weighted by molar-refractivity contribution is 0.659. The minimum atomic E-state index is 1.18. The van der Waals surface area contributed by atoms with E-state index in [1.54, 1.807) is 5.57 Å². The maximum absolute atomic E-state index is 2.37. The van der Waals surface area contributed by atoms with Crippen molar-refractivity contribution in [3.05, 3.63) is 34.9 Å². The van der Waals surface area contributed by atoms with Gasteiger partial charge in [0.1, 0.15) is 0 Å². The molecule has 15 heavy (non-hydrogen) atoms. The van der Waals surface area contributed by atoms with E-state index in [1.165, 1.54) is 49.7 Å². The highest BCUT2D eigenvalue weighted by atomic mass is 14.1. The molecule has 0 unspecified atom stereocenters. The van der Waals surface area contributed by atoms with Crippen molar-refractivity contribution < 1.29 is 0 Å². The zero-order chi connectivity index (χ0) is 11.1. The average Bonchev–Trinajstić information content (AvgIpc) is 2.36. The van der Waals surface area contributed by atoms with Crippen LogP contribution in [0.5, 0.6) is 0 Å². The van der Waals surface area contributed by atoms with Gasteiger partial charge < -0.3 is 0 Å². The molecular weight excluding hydrogens is 180 g/mol. The number of hydrogen-bond donors (Lipinski definition) is 0. The quantitative estimate of drug-likeness (QED) is 0.541. The fourth-order valence-corrected chi connectivity index (χ4v) is 2.05. The van der Waals surface area contributed by atoms with Crippen molar-refractivity contribution in [3.63, 3.8) is 0 Å². The lowest BCUT2D eigenvalue weighted by atomic mass is 10.00. The van der Waals surface area contributed by atoms with Crippen LogP contribution in [0.2, 0.25) is 0 Å². The van der Waals surface area contributed by atoms with Crippen LogP contribution in [0.25, 0.3) is 0 Å². The first kappa shape index (κ1) is 12.3. The summed E-state index contributed by atoms with van der Waals surface area (Å²) in [7, 11) is 0. The third-order valence-electron chi connectivity index (χ3n) is 2.92. The van der Waals surface area contributed by atoms with E-state index < -0.39 is 0 Å². The third-order valence-corrected chi connectivity index (χ3v) is 2.92. The van der Waals surface area contributed by atoms with Crippen LogP contribution in [0.4, 0.5) is 0 Å². The summed E-state index contributed by atoms with van der Waals surface area (Å²) in [6.45, 7) is 6.70. The standard InChI is InChI=1S/C15H24/c1-4-5-6-7-8-15-11-13(2)9-10-14(3)12-15/h9-11H,4-8,12H2,1-3H3. The molecule has 0 aliphatic heterocycles. The van der Waals surface area contributed by atoms with E-state index in [0.717, 1.165) is 0 Å². The lowest BCUT2D eigenvalue weighted by Crippen LogP contribution is -1.86. The molecule has 0 aromatic heterocycles. The molecule has 0 aromatic rings. The average molecular weight is 204 g/mol. The normalized spacial score (nSPS) is 16.6. The van der Waals surface area contributed by atoms with E-state index in [2.05, 4.69) is 39.0 Å². The van der Waals surface area contributed by atoms with Crippen molar-refractivity contribution in [2.75, 3.05) is 0 Å². The Morgan fingerprint density at radius 1 is 1.07 bits per heavy atom. The molecule has 0 nitrogen and oxygen atoms in total. The Kier molecular flexibility index (Phi) is 5.45. The van der Waals surface area contributed by atoms with Gasteiger partial charge in [-0.1, -0.05) is 61.1 Å². The summed E-state index contributed by atoms with van der Waals surface area (Å²) >= 11 is 0. The SMILES string of the molecule is CCCCCCC1=CC(C)=CC=C(C)C1. The van der Waals surface area contributed by atoms with Gasteiger partial charge in [-0.25, -0.2) is 0 Å². The smallest absolute Gasteiger partial charge is 0.0105 e. The lowest BCUT2D eigenvalue weighted by Gasteiger charge is -2.06. The molecule has 0 saturated carbocycles. The molecule has 84 valence electrons. The van der Waals surface area contributed by atoms with Crippen molar-refractivity contribution in [1.29, 1.82) is 0 Å². The molecule has 0 N–H and O–H groups in total. The van der Waals surface area contributed by atoms with Gasteiger partial charge in [0.15, 0.2) is 0 Å². The summed E-state index contributed by atoms with van der Waals surface area (Å²) in [4.78, 5) is 0. The monoisotopic (exact) mass is 204 g/mol. The van der Waals surface area contributed by atoms with Gasteiger partial charge in [0.25, 0.3) is 0 Å². The summed E-state index contributed by atoms with van der Waals surface area (Å²) in [5.41, 5.74) is 4.51. The second-order valence-electron chi connectivity index (χ2n) is 4.71. The van der Waals surface area contributed by atoms with Gasteiger partial charge in [-0.05, 0) is 33.1 Å². The molecular formula is C15H24. The maximum Gasteiger partial charge on any atom is -0.0105 e. The van der Waals surface area contributed by atoms with Crippen molar-refractivity contribution in [1.82, 2.24) is 0 Å². The predicted molar refractivity (Wildman–Crippen MR) is 69.0 cm³/mol. The van der Waals surface area contributed by atoms with Crippen LogP contribution in [0, 0.1) is 0 Å². The molecule has 0 amide bonds. The highest BCUT2D eigenvalue weighted by Gasteiger charge is 2.02. The Morgan fingerprint density at radius 2 is 1.87 bits per heavy atom. The number of rotatable bonds is 5. The van der Waals surface area contributed by atoms with Crippen LogP contribution in [-0.2, 0) is 0 Å². The zero-order valence-electron chi connectivity index (χ0n) is 10.5. The van der Waals surface area contributed by atoms with Gasteiger partial charge in [0, 0.05) is 0 Å². The molecule has 1 aliphatic carbocycles. The van der Waals surface area contributed by atoms with E-state index in [-0.39, 0.29) is 0 Å². The molecule has 1 aliphatic rings. The van der Waals surface area contributed by atoms with Crippen LogP contribution in [0.15, 0.2) is 34.9 Å². The minimum Gasteiger partial charge on any atom is -0.0693 e. The van der Waals surface area contributed by atoms with E-state index >= 15 is 0 Å². The fraction of sp³-hybridized carbons (Fsp3) is 0.600. The molecule has 0 aromatic carbocycles. The first-order valence-electron chi connectivity index (χ1n) is 6.26. The van der Waals surface area contributed by atoms with E-state index in [0.29, 0.717) is 0 Å². The van der Waals surface area contributed by atoms with Gasteiger partial charge in [-0.3, -0.25) is 0 Å². The molecule has 0 bridgehead atoms. The van der Waals surface area contributed by atoms with E-state index in [1.807, 2.05) is 0 Å². The van der Waals surface area contributed by atoms with Crippen molar-refractivity contribution in [2.45, 2.75) is 59.3 Å². The molecule has 1 rings (SSSR count). The van der Waals surface area contributed by atoms with Crippen LogP contribution in [0.1, 0.15) is 59.3 Å². The van der Waals surface area contributed by atoms with Crippen LogP contribution in [-0.4, -0.2) is 0 Å². The largest absolute Gasteiger partial charge is 0.0693 e. The van der Waals surface area contributed by atoms with Crippen molar-refractivity contribution in [3.8, 4) is 0 Å². The van der Waals surface area contributed by atoms with Gasteiger partial charge in [0.05, 0.1) is 0 Å². The van der Waals surface area contributed by atoms with Crippen molar-refractivity contribution >= 4 is 0 Å². The van der Waals surface area contributed by atoms with Gasteiger partial charge in [-0.15, -0.1) is 0 Å². The number of allylic oxidation sites excluding steroid dienone is 6. The van der Waals surface area contributed by atoms with Crippen LogP contribution < -0.4 is 0 Å². The molecule has 0 heterocycles. The predicted octanol–water partition coefficient (Wildman–Crippen LogP) is 5.18. The topological polar surface area (TPSA) is 0 Å². The zero-order valence-corrected chi connectivity index (χ0v) is 10.5. The second kappa shape index (κ2) is 6.66. The van der Waals surface area contributed by atoms with Crippen LogP contribution in [0.3, 0.4) is 0 Å². The molecule has 0 saturated heterocycles. The minimum absolute atomic E-state index is 1.18. The number of hydrogen-bond acceptors (Lipinski definition) is 0. The Morgan fingerprint density at radius 3 is 2.60 bits per heavy atom. The summed E-state index contributed by atoms with van der Waals surface area (Å²) in [5.74, 6) is 0. The molecule has 0 atom stereocenters. The number of unbranched alkanes of at least 4 members (excludes halogenated alkanes) is 3. The van der Waals surface area contributed by atoms with E-state index in [9.17, 15) is 0 Å². The summed E-state index contributed by atoms with van der Waals surface area (Å²) in [5, 5.41) is 0. The molecule has 0 fully saturated rings. The second-order valence-corrected chi connectivity index (χ2v) is 4.71. The molecule has 0 heteroatoms. The first-order chi connectivity index (χ1) is 7.22. The van der Waals surface area contributed by atoms with Gasteiger partial charge in [-0.2, -0.15) is 0 Å². The summed E-state index contributed by atoms with van der Waals surface area (Å²) in [6.07, 6.45) is 14.8. The van der Waals surface area contributed by atoms with E-state index in [4.69, 9.17) is 0 Å².